The summed E-state index contributed by atoms with van der Waals surface area (Å²) in [5, 5.41) is 9.80. The van der Waals surface area contributed by atoms with Crippen molar-refractivity contribution in [3.05, 3.63) is 17.6 Å². The Morgan fingerprint density at radius 1 is 1.39 bits per heavy atom. The third-order valence-corrected chi connectivity index (χ3v) is 2.68. The summed E-state index contributed by atoms with van der Waals surface area (Å²) in [6.07, 6.45) is 2.77. The third-order valence-electron chi connectivity index (χ3n) is 2.68. The molecular formula is C11H16N6O. The van der Waals surface area contributed by atoms with E-state index in [0.717, 1.165) is 11.2 Å². The zero-order valence-electron chi connectivity index (χ0n) is 10.7. The average Bonchev–Trinajstić information content (AvgIpc) is 2.77. The molecule has 2 aromatic heterocycles. The van der Waals surface area contributed by atoms with E-state index in [1.165, 1.54) is 0 Å². The smallest absolute Gasteiger partial charge is 0.227 e. The maximum absolute atomic E-state index is 11.2. The number of rotatable bonds is 4. The van der Waals surface area contributed by atoms with E-state index >= 15 is 0 Å². The lowest BCUT2D eigenvalue weighted by atomic mass is 10.2. The lowest BCUT2D eigenvalue weighted by molar-refractivity contribution is -0.120. The Kier molecular flexibility index (Phi) is 3.40. The summed E-state index contributed by atoms with van der Waals surface area (Å²) < 4.78 is 1.65. The highest BCUT2D eigenvalue weighted by atomic mass is 16.1. The quantitative estimate of drug-likeness (QED) is 0.804. The molecule has 0 aliphatic rings. The summed E-state index contributed by atoms with van der Waals surface area (Å²) in [5.74, 6) is 1.33. The first kappa shape index (κ1) is 12.3. The molecule has 0 saturated carbocycles. The predicted molar refractivity (Wildman–Crippen MR) is 67.5 cm³/mol. The minimum Gasteiger partial charge on any atom is -0.359 e. The highest BCUT2D eigenvalue weighted by Crippen LogP contribution is 2.14. The fourth-order valence-corrected chi connectivity index (χ4v) is 1.74. The lowest BCUT2D eigenvalue weighted by Gasteiger charge is -2.04. The Morgan fingerprint density at radius 3 is 2.83 bits per heavy atom. The van der Waals surface area contributed by atoms with Crippen LogP contribution in [-0.2, 0) is 11.2 Å². The van der Waals surface area contributed by atoms with Crippen LogP contribution in [0, 0.1) is 6.92 Å². The van der Waals surface area contributed by atoms with Crippen LogP contribution in [-0.4, -0.2) is 39.6 Å². The van der Waals surface area contributed by atoms with Gasteiger partial charge in [-0.1, -0.05) is 0 Å². The van der Waals surface area contributed by atoms with Gasteiger partial charge >= 0.3 is 0 Å². The molecule has 0 saturated heterocycles. The summed E-state index contributed by atoms with van der Waals surface area (Å²) in [4.78, 5) is 19.9. The minimum absolute atomic E-state index is 0.00830. The summed E-state index contributed by atoms with van der Waals surface area (Å²) in [5.41, 5.74) is 1.69. The number of nitrogens with one attached hydrogen (secondary N) is 2. The van der Waals surface area contributed by atoms with Gasteiger partial charge in [-0.05, 0) is 13.3 Å². The van der Waals surface area contributed by atoms with Gasteiger partial charge in [0.25, 0.3) is 0 Å². The zero-order valence-corrected chi connectivity index (χ0v) is 10.7. The normalized spacial score (nSPS) is 10.6. The standard InChI is InChI=1S/C11H16N6O/c1-7-15-10-8(4-5-9(18)12-2)6-14-17(10)11(13-3)16-7/h6H,4-5H2,1-3H3,(H,12,18)(H,13,15,16). The molecule has 0 aliphatic carbocycles. The van der Waals surface area contributed by atoms with Crippen LogP contribution < -0.4 is 10.6 Å². The molecule has 96 valence electrons. The first-order valence-corrected chi connectivity index (χ1v) is 5.75. The fourth-order valence-electron chi connectivity index (χ4n) is 1.74. The van der Waals surface area contributed by atoms with Crippen molar-refractivity contribution in [2.24, 2.45) is 0 Å². The molecule has 0 radical (unpaired) electrons. The number of fused-ring (bicyclic) bond motifs is 1. The van der Waals surface area contributed by atoms with Crippen molar-refractivity contribution in [1.29, 1.82) is 0 Å². The first-order valence-electron chi connectivity index (χ1n) is 5.75. The highest BCUT2D eigenvalue weighted by Gasteiger charge is 2.11. The predicted octanol–water partition coefficient (Wildman–Crippen LogP) is 0.153. The summed E-state index contributed by atoms with van der Waals surface area (Å²) >= 11 is 0. The monoisotopic (exact) mass is 248 g/mol. The molecule has 7 heteroatoms. The van der Waals surface area contributed by atoms with Gasteiger partial charge < -0.3 is 10.6 Å². The van der Waals surface area contributed by atoms with E-state index in [1.54, 1.807) is 24.8 Å². The maximum Gasteiger partial charge on any atom is 0.227 e. The molecule has 2 aromatic rings. The number of carbonyl (C=O) groups is 1. The van der Waals surface area contributed by atoms with Crippen LogP contribution in [0.25, 0.3) is 5.65 Å². The van der Waals surface area contributed by atoms with Crippen LogP contribution in [0.15, 0.2) is 6.20 Å². The van der Waals surface area contributed by atoms with Crippen molar-refractivity contribution in [2.45, 2.75) is 19.8 Å². The largest absolute Gasteiger partial charge is 0.359 e. The first-order chi connectivity index (χ1) is 8.65. The Hall–Kier alpha value is -2.18. The second-order valence-electron chi connectivity index (χ2n) is 3.92. The average molecular weight is 248 g/mol. The topological polar surface area (TPSA) is 84.2 Å². The van der Waals surface area contributed by atoms with Crippen LogP contribution in [0.4, 0.5) is 5.95 Å². The number of aryl methyl sites for hydroxylation is 2. The van der Waals surface area contributed by atoms with Crippen molar-refractivity contribution in [1.82, 2.24) is 24.9 Å². The molecule has 0 unspecified atom stereocenters. The molecule has 0 bridgehead atoms. The number of carbonyl (C=O) groups excluding carboxylic acids is 1. The van der Waals surface area contributed by atoms with Gasteiger partial charge in [-0.2, -0.15) is 14.6 Å². The van der Waals surface area contributed by atoms with Gasteiger partial charge in [-0.3, -0.25) is 4.79 Å². The van der Waals surface area contributed by atoms with E-state index in [1.807, 2.05) is 6.92 Å². The van der Waals surface area contributed by atoms with Crippen LogP contribution in [0.3, 0.4) is 0 Å². The van der Waals surface area contributed by atoms with Crippen molar-refractivity contribution < 1.29 is 4.79 Å². The van der Waals surface area contributed by atoms with Gasteiger partial charge in [0.15, 0.2) is 5.65 Å². The van der Waals surface area contributed by atoms with E-state index < -0.39 is 0 Å². The number of hydrogen-bond acceptors (Lipinski definition) is 5. The second kappa shape index (κ2) is 4.99. The lowest BCUT2D eigenvalue weighted by Crippen LogP contribution is -2.18. The van der Waals surface area contributed by atoms with Gasteiger partial charge in [-0.25, -0.2) is 4.98 Å². The number of amides is 1. The van der Waals surface area contributed by atoms with Crippen LogP contribution in [0.5, 0.6) is 0 Å². The van der Waals surface area contributed by atoms with E-state index in [-0.39, 0.29) is 5.91 Å². The van der Waals surface area contributed by atoms with Crippen molar-refractivity contribution >= 4 is 17.5 Å². The van der Waals surface area contributed by atoms with E-state index in [0.29, 0.717) is 24.6 Å². The van der Waals surface area contributed by atoms with Gasteiger partial charge in [0, 0.05) is 26.1 Å². The highest BCUT2D eigenvalue weighted by molar-refractivity contribution is 5.76. The van der Waals surface area contributed by atoms with E-state index in [4.69, 9.17) is 0 Å². The number of nitrogens with zero attached hydrogens (tertiary/aromatic N) is 4. The zero-order chi connectivity index (χ0) is 13.1. The number of aromatic nitrogens is 4. The van der Waals surface area contributed by atoms with Crippen LogP contribution in [0.1, 0.15) is 17.8 Å². The Labute approximate surface area is 105 Å². The van der Waals surface area contributed by atoms with Crippen molar-refractivity contribution in [3.8, 4) is 0 Å². The van der Waals surface area contributed by atoms with Gasteiger partial charge in [0.1, 0.15) is 5.82 Å². The third kappa shape index (κ3) is 2.24. The Balaban J connectivity index is 2.35. The van der Waals surface area contributed by atoms with Crippen LogP contribution >= 0.6 is 0 Å². The van der Waals surface area contributed by atoms with Crippen LogP contribution in [0.2, 0.25) is 0 Å². The molecule has 0 aliphatic heterocycles. The fraction of sp³-hybridized carbons (Fsp3) is 0.455. The van der Waals surface area contributed by atoms with Gasteiger partial charge in [0.2, 0.25) is 11.9 Å². The molecule has 7 nitrogen and oxygen atoms in total. The number of anilines is 1. The van der Waals surface area contributed by atoms with E-state index in [9.17, 15) is 4.79 Å². The van der Waals surface area contributed by atoms with Crippen molar-refractivity contribution in [2.75, 3.05) is 19.4 Å². The SMILES string of the molecule is CNC(=O)CCc1cnn2c(NC)nc(C)nc12. The molecule has 0 fully saturated rings. The second-order valence-corrected chi connectivity index (χ2v) is 3.92. The summed E-state index contributed by atoms with van der Waals surface area (Å²) in [6.45, 7) is 1.83. The molecule has 1 amide bonds. The molecule has 0 atom stereocenters. The molecular weight excluding hydrogens is 232 g/mol. The van der Waals surface area contributed by atoms with Gasteiger partial charge in [0.05, 0.1) is 6.20 Å². The molecule has 18 heavy (non-hydrogen) atoms. The summed E-state index contributed by atoms with van der Waals surface area (Å²) in [6, 6.07) is 0. The Morgan fingerprint density at radius 2 is 2.17 bits per heavy atom. The molecule has 2 heterocycles. The molecule has 2 rings (SSSR count). The van der Waals surface area contributed by atoms with Crippen molar-refractivity contribution in [3.63, 3.8) is 0 Å². The number of hydrogen-bond donors (Lipinski definition) is 2. The minimum atomic E-state index is 0.00830. The Bertz CT molecular complexity index is 576. The van der Waals surface area contributed by atoms with E-state index in [2.05, 4.69) is 25.7 Å². The molecule has 0 spiro atoms. The molecule has 0 aromatic carbocycles. The van der Waals surface area contributed by atoms with Gasteiger partial charge in [-0.15, -0.1) is 0 Å². The maximum atomic E-state index is 11.2. The molecule has 2 N–H and O–H groups in total. The summed E-state index contributed by atoms with van der Waals surface area (Å²) in [7, 11) is 3.41.